The van der Waals surface area contributed by atoms with Crippen LogP contribution in [0.3, 0.4) is 0 Å². The lowest BCUT2D eigenvalue weighted by molar-refractivity contribution is 0.282. The van der Waals surface area contributed by atoms with Crippen LogP contribution in [0.5, 0.6) is 5.75 Å². The molecule has 0 amide bonds. The van der Waals surface area contributed by atoms with E-state index in [1.54, 1.807) is 6.07 Å². The van der Waals surface area contributed by atoms with E-state index in [0.29, 0.717) is 5.75 Å². The van der Waals surface area contributed by atoms with Crippen molar-refractivity contribution in [1.29, 1.82) is 0 Å². The van der Waals surface area contributed by atoms with Crippen LogP contribution in [0.1, 0.15) is 32.3 Å². The van der Waals surface area contributed by atoms with Crippen LogP contribution in [0.15, 0.2) is 24.3 Å². The van der Waals surface area contributed by atoms with Gasteiger partial charge in [0.2, 0.25) is 0 Å². The predicted molar refractivity (Wildman–Crippen MR) is 68.8 cm³/mol. The normalized spacial score (nSPS) is 14.7. The van der Waals surface area contributed by atoms with Gasteiger partial charge in [-0.25, -0.2) is 0 Å². The van der Waals surface area contributed by atoms with Crippen molar-refractivity contribution >= 4 is 0 Å². The first-order chi connectivity index (χ1) is 7.59. The minimum Gasteiger partial charge on any atom is -0.508 e. The van der Waals surface area contributed by atoms with E-state index in [1.165, 1.54) is 18.4 Å². The first kappa shape index (κ1) is 13.0. The maximum Gasteiger partial charge on any atom is 0.115 e. The van der Waals surface area contributed by atoms with E-state index in [-0.39, 0.29) is 5.41 Å². The van der Waals surface area contributed by atoms with Gasteiger partial charge in [-0.05, 0) is 43.0 Å². The Hall–Kier alpha value is -1.02. The summed E-state index contributed by atoms with van der Waals surface area (Å²) in [5, 5.41) is 12.7. The number of hydrogen-bond donors (Lipinski definition) is 2. The van der Waals surface area contributed by atoms with Gasteiger partial charge in [0, 0.05) is 6.54 Å². The second kappa shape index (κ2) is 5.90. The molecule has 0 saturated heterocycles. The molecule has 0 fully saturated rings. The molecule has 0 radical (unpaired) electrons. The molecular formula is C14H23NO. The number of nitrogens with one attached hydrogen (secondary N) is 1. The summed E-state index contributed by atoms with van der Waals surface area (Å²) >= 11 is 0. The van der Waals surface area contributed by atoms with Crippen LogP contribution in [0.25, 0.3) is 0 Å². The molecule has 0 aliphatic carbocycles. The summed E-state index contributed by atoms with van der Waals surface area (Å²) in [6.45, 7) is 5.53. The van der Waals surface area contributed by atoms with E-state index in [2.05, 4.69) is 25.2 Å². The molecule has 0 spiro atoms. The lowest BCUT2D eigenvalue weighted by atomic mass is 9.79. The predicted octanol–water partition coefficient (Wildman–Crippen LogP) is 2.96. The van der Waals surface area contributed by atoms with Crippen LogP contribution in [-0.4, -0.2) is 18.7 Å². The van der Waals surface area contributed by atoms with E-state index in [4.69, 9.17) is 0 Å². The summed E-state index contributed by atoms with van der Waals surface area (Å²) in [5.41, 5.74) is 1.49. The molecule has 0 heterocycles. The van der Waals surface area contributed by atoms with Crippen molar-refractivity contribution in [3.05, 3.63) is 29.8 Å². The van der Waals surface area contributed by atoms with Crippen LogP contribution in [0, 0.1) is 5.41 Å². The summed E-state index contributed by atoms with van der Waals surface area (Å²) in [4.78, 5) is 0. The highest BCUT2D eigenvalue weighted by Gasteiger charge is 2.22. The lowest BCUT2D eigenvalue weighted by Gasteiger charge is -2.29. The van der Waals surface area contributed by atoms with Crippen LogP contribution >= 0.6 is 0 Å². The van der Waals surface area contributed by atoms with Crippen molar-refractivity contribution in [2.75, 3.05) is 13.6 Å². The number of aromatic hydroxyl groups is 1. The molecule has 16 heavy (non-hydrogen) atoms. The number of phenolic OH excluding ortho intramolecular Hbond substituents is 1. The van der Waals surface area contributed by atoms with Gasteiger partial charge in [-0.1, -0.05) is 32.4 Å². The Balaban J connectivity index is 2.74. The highest BCUT2D eigenvalue weighted by atomic mass is 16.3. The smallest absolute Gasteiger partial charge is 0.115 e. The molecule has 1 aromatic carbocycles. The fraction of sp³-hybridized carbons (Fsp3) is 0.571. The third-order valence-electron chi connectivity index (χ3n) is 3.00. The Bertz CT molecular complexity index is 316. The van der Waals surface area contributed by atoms with Gasteiger partial charge in [-0.2, -0.15) is 0 Å². The Morgan fingerprint density at radius 2 is 2.12 bits per heavy atom. The Morgan fingerprint density at radius 1 is 1.38 bits per heavy atom. The Labute approximate surface area is 98.7 Å². The van der Waals surface area contributed by atoms with Gasteiger partial charge < -0.3 is 10.4 Å². The number of rotatable bonds is 6. The second-order valence-corrected chi connectivity index (χ2v) is 4.94. The quantitative estimate of drug-likeness (QED) is 0.774. The third kappa shape index (κ3) is 3.86. The average Bonchev–Trinajstić information content (AvgIpc) is 2.17. The van der Waals surface area contributed by atoms with E-state index in [0.717, 1.165) is 13.0 Å². The molecule has 90 valence electrons. The maximum absolute atomic E-state index is 9.45. The van der Waals surface area contributed by atoms with Crippen molar-refractivity contribution in [2.45, 2.75) is 33.1 Å². The summed E-state index contributed by atoms with van der Waals surface area (Å²) < 4.78 is 0. The van der Waals surface area contributed by atoms with E-state index in [1.807, 2.05) is 19.2 Å². The molecule has 2 N–H and O–H groups in total. The zero-order valence-electron chi connectivity index (χ0n) is 10.6. The van der Waals surface area contributed by atoms with Crippen molar-refractivity contribution in [1.82, 2.24) is 5.32 Å². The summed E-state index contributed by atoms with van der Waals surface area (Å²) in [7, 11) is 2.00. The first-order valence-corrected chi connectivity index (χ1v) is 6.02. The SMILES string of the molecule is CCCC(C)(CNC)Cc1cccc(O)c1. The molecule has 1 atom stereocenters. The molecule has 0 aromatic heterocycles. The van der Waals surface area contributed by atoms with Gasteiger partial charge in [0.25, 0.3) is 0 Å². The van der Waals surface area contributed by atoms with Crippen LogP contribution < -0.4 is 5.32 Å². The molecule has 2 heteroatoms. The number of hydrogen-bond acceptors (Lipinski definition) is 2. The Kier molecular flexibility index (Phi) is 4.81. The lowest BCUT2D eigenvalue weighted by Crippen LogP contribution is -2.31. The van der Waals surface area contributed by atoms with E-state index < -0.39 is 0 Å². The molecule has 2 nitrogen and oxygen atoms in total. The zero-order chi connectivity index (χ0) is 12.0. The fourth-order valence-electron chi connectivity index (χ4n) is 2.43. The molecular weight excluding hydrogens is 198 g/mol. The van der Waals surface area contributed by atoms with E-state index in [9.17, 15) is 5.11 Å². The molecule has 0 saturated carbocycles. The van der Waals surface area contributed by atoms with Gasteiger partial charge in [0.05, 0.1) is 0 Å². The summed E-state index contributed by atoms with van der Waals surface area (Å²) in [6.07, 6.45) is 3.40. The molecule has 0 aliphatic heterocycles. The highest BCUT2D eigenvalue weighted by molar-refractivity contribution is 5.27. The van der Waals surface area contributed by atoms with Gasteiger partial charge in [0.15, 0.2) is 0 Å². The van der Waals surface area contributed by atoms with Gasteiger partial charge in [0.1, 0.15) is 5.75 Å². The topological polar surface area (TPSA) is 32.3 Å². The number of phenols is 1. The molecule has 0 aliphatic rings. The van der Waals surface area contributed by atoms with Crippen LogP contribution in [0.2, 0.25) is 0 Å². The van der Waals surface area contributed by atoms with Crippen LogP contribution in [-0.2, 0) is 6.42 Å². The maximum atomic E-state index is 9.45. The zero-order valence-corrected chi connectivity index (χ0v) is 10.6. The van der Waals surface area contributed by atoms with Crippen molar-refractivity contribution in [3.63, 3.8) is 0 Å². The summed E-state index contributed by atoms with van der Waals surface area (Å²) in [5.74, 6) is 0.362. The van der Waals surface area contributed by atoms with Crippen molar-refractivity contribution < 1.29 is 5.11 Å². The monoisotopic (exact) mass is 221 g/mol. The third-order valence-corrected chi connectivity index (χ3v) is 3.00. The van der Waals surface area contributed by atoms with Crippen molar-refractivity contribution in [3.8, 4) is 5.75 Å². The van der Waals surface area contributed by atoms with Gasteiger partial charge in [-0.3, -0.25) is 0 Å². The first-order valence-electron chi connectivity index (χ1n) is 6.02. The summed E-state index contributed by atoms with van der Waals surface area (Å²) in [6, 6.07) is 7.59. The largest absolute Gasteiger partial charge is 0.508 e. The standard InChI is InChI=1S/C14H23NO/c1-4-8-14(2,11-15-3)10-12-6-5-7-13(16)9-12/h5-7,9,15-16H,4,8,10-11H2,1-3H3. The van der Waals surface area contributed by atoms with E-state index >= 15 is 0 Å². The Morgan fingerprint density at radius 3 is 2.69 bits per heavy atom. The van der Waals surface area contributed by atoms with Crippen molar-refractivity contribution in [2.24, 2.45) is 5.41 Å². The molecule has 1 rings (SSSR count). The molecule has 1 unspecified atom stereocenters. The van der Waals surface area contributed by atoms with Crippen LogP contribution in [0.4, 0.5) is 0 Å². The van der Waals surface area contributed by atoms with Gasteiger partial charge in [-0.15, -0.1) is 0 Å². The second-order valence-electron chi connectivity index (χ2n) is 4.94. The minimum atomic E-state index is 0.275. The van der Waals surface area contributed by atoms with Gasteiger partial charge >= 0.3 is 0 Å². The highest BCUT2D eigenvalue weighted by Crippen LogP contribution is 2.28. The minimum absolute atomic E-state index is 0.275. The molecule has 1 aromatic rings. The molecule has 0 bridgehead atoms. The number of benzene rings is 1. The average molecular weight is 221 g/mol. The fourth-order valence-corrected chi connectivity index (χ4v) is 2.43.